The van der Waals surface area contributed by atoms with Gasteiger partial charge in [0.25, 0.3) is 12.9 Å². The maximum Gasteiger partial charge on any atom is 0.293 e. The Labute approximate surface area is 99.3 Å². The van der Waals surface area contributed by atoms with Gasteiger partial charge in [-0.1, -0.05) is 12.2 Å². The van der Waals surface area contributed by atoms with Gasteiger partial charge in [0, 0.05) is 11.8 Å². The molecule has 0 aromatic carbocycles. The fourth-order valence-electron chi connectivity index (χ4n) is 3.70. The van der Waals surface area contributed by atoms with Crippen LogP contribution in [0.4, 0.5) is 0 Å². The van der Waals surface area contributed by atoms with Crippen LogP contribution in [0.5, 0.6) is 0 Å². The van der Waals surface area contributed by atoms with E-state index < -0.39 is 0 Å². The summed E-state index contributed by atoms with van der Waals surface area (Å²) in [5.74, 6) is 1.39. The fourth-order valence-corrected chi connectivity index (χ4v) is 3.70. The predicted octanol–water partition coefficient (Wildman–Crippen LogP) is 1.08. The zero-order valence-electron chi connectivity index (χ0n) is 9.27. The maximum absolute atomic E-state index is 10.5. The van der Waals surface area contributed by atoms with Crippen LogP contribution < -0.4 is 0 Å². The molecule has 0 heterocycles. The first-order valence-corrected chi connectivity index (χ1v) is 5.90. The molecule has 1 saturated carbocycles. The lowest BCUT2D eigenvalue weighted by Gasteiger charge is -2.38. The molecular weight excluding hydrogens is 220 g/mol. The van der Waals surface area contributed by atoms with E-state index in [1.165, 1.54) is 0 Å². The molecule has 0 aliphatic heterocycles. The smallest absolute Gasteiger partial charge is 0.293 e. The third-order valence-electron chi connectivity index (χ3n) is 4.26. The van der Waals surface area contributed by atoms with Crippen LogP contribution in [0, 0.1) is 23.7 Å². The second-order valence-electron chi connectivity index (χ2n) is 4.88. The van der Waals surface area contributed by atoms with Crippen molar-refractivity contribution < 1.29 is 19.1 Å². The molecule has 0 aromatic rings. The van der Waals surface area contributed by atoms with Crippen LogP contribution in [0.15, 0.2) is 24.3 Å². The van der Waals surface area contributed by atoms with Crippen LogP contribution >= 0.6 is 0 Å². The van der Waals surface area contributed by atoms with Crippen molar-refractivity contribution in [2.45, 2.75) is 18.6 Å². The Morgan fingerprint density at radius 2 is 1.29 bits per heavy atom. The normalized spacial score (nSPS) is 45.4. The van der Waals surface area contributed by atoms with Gasteiger partial charge in [-0.05, 0) is 30.4 Å². The molecule has 0 N–H and O–H groups in total. The third-order valence-corrected chi connectivity index (χ3v) is 4.26. The molecule has 90 valence electrons. The van der Waals surface area contributed by atoms with Crippen molar-refractivity contribution in [1.82, 2.24) is 0 Å². The summed E-state index contributed by atoms with van der Waals surface area (Å²) in [5, 5.41) is 0. The molecule has 0 saturated heterocycles. The number of allylic oxidation sites excluding steroid dienone is 2. The zero-order chi connectivity index (χ0) is 11.8. The van der Waals surface area contributed by atoms with Crippen molar-refractivity contribution >= 4 is 12.9 Å². The Hall–Kier alpha value is -1.58. The van der Waals surface area contributed by atoms with E-state index >= 15 is 0 Å². The summed E-state index contributed by atoms with van der Waals surface area (Å²) in [7, 11) is 0. The van der Waals surface area contributed by atoms with E-state index in [1.54, 1.807) is 0 Å². The molecule has 3 aliphatic carbocycles. The number of carbonyl (C=O) groups excluding carboxylic acids is 2. The molecule has 2 bridgehead atoms. The summed E-state index contributed by atoms with van der Waals surface area (Å²) in [5.41, 5.74) is 0. The molecular formula is C13H14O4. The van der Waals surface area contributed by atoms with E-state index in [0.29, 0.717) is 24.8 Å². The standard InChI is InChI=1S/C13H14O4/c14-6-16-10-3-4-11(17-7-15)13-9-2-1-8(5-9)12(10)13/h1-4,6-13H,5H2/t8-,9+,10+,11-,12+,13-. The molecule has 0 unspecified atom stereocenters. The number of hydrogen-bond acceptors (Lipinski definition) is 4. The van der Waals surface area contributed by atoms with Gasteiger partial charge >= 0.3 is 0 Å². The highest BCUT2D eigenvalue weighted by Gasteiger charge is 2.53. The minimum atomic E-state index is -0.177. The molecule has 17 heavy (non-hydrogen) atoms. The van der Waals surface area contributed by atoms with Gasteiger partial charge in [0.05, 0.1) is 0 Å². The number of hydrogen-bond donors (Lipinski definition) is 0. The van der Waals surface area contributed by atoms with Gasteiger partial charge in [-0.15, -0.1) is 0 Å². The first-order valence-electron chi connectivity index (χ1n) is 5.90. The molecule has 0 amide bonds. The van der Waals surface area contributed by atoms with Gasteiger partial charge in [-0.3, -0.25) is 9.59 Å². The molecule has 1 fully saturated rings. The van der Waals surface area contributed by atoms with Gasteiger partial charge in [0.1, 0.15) is 12.2 Å². The Bertz CT molecular complexity index is 353. The topological polar surface area (TPSA) is 52.6 Å². The average Bonchev–Trinajstić information content (AvgIpc) is 2.93. The fraction of sp³-hybridized carbons (Fsp3) is 0.538. The van der Waals surface area contributed by atoms with Gasteiger partial charge in [0.2, 0.25) is 0 Å². The summed E-state index contributed by atoms with van der Waals surface area (Å²) in [6.45, 7) is 1.01. The molecule has 4 heteroatoms. The van der Waals surface area contributed by atoms with Crippen LogP contribution in [-0.2, 0) is 19.1 Å². The lowest BCUT2D eigenvalue weighted by Crippen LogP contribution is -2.42. The van der Waals surface area contributed by atoms with Crippen LogP contribution in [0.2, 0.25) is 0 Å². The lowest BCUT2D eigenvalue weighted by molar-refractivity contribution is -0.142. The maximum atomic E-state index is 10.5. The molecule has 4 nitrogen and oxygen atoms in total. The van der Waals surface area contributed by atoms with E-state index in [2.05, 4.69) is 12.2 Å². The SMILES string of the molecule is O=CO[C@H]1C=C[C@@H](OC=O)[C@@H]2[C@H]1[C@@H]1C=C[C@H]2C1. The zero-order valence-corrected chi connectivity index (χ0v) is 9.27. The molecule has 3 aliphatic rings. The summed E-state index contributed by atoms with van der Waals surface area (Å²) in [6, 6.07) is 0. The third kappa shape index (κ3) is 1.51. The van der Waals surface area contributed by atoms with E-state index in [9.17, 15) is 9.59 Å². The van der Waals surface area contributed by atoms with Crippen LogP contribution in [0.3, 0.4) is 0 Å². The Balaban J connectivity index is 1.89. The second-order valence-corrected chi connectivity index (χ2v) is 4.88. The lowest BCUT2D eigenvalue weighted by atomic mass is 9.73. The highest BCUT2D eigenvalue weighted by Crippen LogP contribution is 2.53. The van der Waals surface area contributed by atoms with E-state index in [0.717, 1.165) is 6.42 Å². The largest absolute Gasteiger partial charge is 0.460 e. The molecule has 6 atom stereocenters. The highest BCUT2D eigenvalue weighted by atomic mass is 16.5. The van der Waals surface area contributed by atoms with Crippen molar-refractivity contribution in [3.8, 4) is 0 Å². The van der Waals surface area contributed by atoms with Crippen LogP contribution in [0.25, 0.3) is 0 Å². The number of fused-ring (bicyclic) bond motifs is 5. The first-order chi connectivity index (χ1) is 8.35. The van der Waals surface area contributed by atoms with Crippen molar-refractivity contribution in [3.63, 3.8) is 0 Å². The first kappa shape index (κ1) is 10.6. The van der Waals surface area contributed by atoms with Gasteiger partial charge in [-0.25, -0.2) is 0 Å². The Morgan fingerprint density at radius 1 is 0.824 bits per heavy atom. The molecule has 0 radical (unpaired) electrons. The monoisotopic (exact) mass is 234 g/mol. The van der Waals surface area contributed by atoms with Crippen molar-refractivity contribution in [2.24, 2.45) is 23.7 Å². The van der Waals surface area contributed by atoms with Gasteiger partial charge in [-0.2, -0.15) is 0 Å². The average molecular weight is 234 g/mol. The van der Waals surface area contributed by atoms with E-state index in [-0.39, 0.29) is 24.0 Å². The van der Waals surface area contributed by atoms with E-state index in [4.69, 9.17) is 9.47 Å². The van der Waals surface area contributed by atoms with Crippen molar-refractivity contribution in [2.75, 3.05) is 0 Å². The van der Waals surface area contributed by atoms with Gasteiger partial charge in [0.15, 0.2) is 0 Å². The number of ether oxygens (including phenoxy) is 2. The molecule has 0 spiro atoms. The summed E-state index contributed by atoms with van der Waals surface area (Å²) >= 11 is 0. The predicted molar refractivity (Wildman–Crippen MR) is 58.7 cm³/mol. The second kappa shape index (κ2) is 4.02. The van der Waals surface area contributed by atoms with Crippen molar-refractivity contribution in [3.05, 3.63) is 24.3 Å². The molecule has 0 aromatic heterocycles. The van der Waals surface area contributed by atoms with Gasteiger partial charge < -0.3 is 9.47 Å². The molecule has 3 rings (SSSR count). The summed E-state index contributed by atoms with van der Waals surface area (Å²) < 4.78 is 10.3. The van der Waals surface area contributed by atoms with Crippen LogP contribution in [0.1, 0.15) is 6.42 Å². The minimum absolute atomic E-state index is 0.177. The van der Waals surface area contributed by atoms with Crippen molar-refractivity contribution in [1.29, 1.82) is 0 Å². The number of carbonyl (C=O) groups is 2. The Morgan fingerprint density at radius 3 is 1.71 bits per heavy atom. The highest BCUT2D eigenvalue weighted by molar-refractivity contribution is 5.41. The number of rotatable bonds is 4. The minimum Gasteiger partial charge on any atom is -0.460 e. The quantitative estimate of drug-likeness (QED) is 0.539. The summed E-state index contributed by atoms with van der Waals surface area (Å²) in [4.78, 5) is 21.0. The summed E-state index contributed by atoms with van der Waals surface area (Å²) in [6.07, 6.45) is 8.81. The van der Waals surface area contributed by atoms with E-state index in [1.807, 2.05) is 12.2 Å². The Kier molecular flexibility index (Phi) is 2.50. The van der Waals surface area contributed by atoms with Crippen LogP contribution in [-0.4, -0.2) is 25.2 Å².